The number of hydrogen-bond acceptors (Lipinski definition) is 1. The quantitative estimate of drug-likeness (QED) is 0.551. The Balaban J connectivity index is 3.46. The molecule has 0 rings (SSSR count). The molecular weight excluding hydrogens is 124 g/mol. The van der Waals surface area contributed by atoms with E-state index < -0.39 is 0 Å². The van der Waals surface area contributed by atoms with Gasteiger partial charge in [-0.3, -0.25) is 0 Å². The monoisotopic (exact) mass is 140 g/mol. The molecule has 58 valence electrons. The third-order valence-corrected chi connectivity index (χ3v) is 0.981. The van der Waals surface area contributed by atoms with Crippen LogP contribution >= 0.6 is 0 Å². The molecule has 1 nitrogen and oxygen atoms in total. The third kappa shape index (κ3) is 7.52. The molecule has 0 spiro atoms. The molecule has 0 aromatic rings. The number of aliphatic hydroxyl groups excluding tert-OH is 1. The van der Waals surface area contributed by atoms with E-state index in [-0.39, 0.29) is 6.61 Å². The van der Waals surface area contributed by atoms with E-state index in [1.54, 1.807) is 0 Å². The van der Waals surface area contributed by atoms with Gasteiger partial charge in [0.1, 0.15) is 0 Å². The van der Waals surface area contributed by atoms with Crippen molar-refractivity contribution in [1.29, 1.82) is 0 Å². The number of rotatable bonds is 1. The Hall–Kier alpha value is -0.480. The molecule has 1 heteroatoms. The van der Waals surface area contributed by atoms with Gasteiger partial charge < -0.3 is 5.11 Å². The molecule has 0 saturated carbocycles. The predicted molar refractivity (Wildman–Crippen MR) is 43.6 cm³/mol. The Bertz CT molecular complexity index is 131. The summed E-state index contributed by atoms with van der Waals surface area (Å²) in [5, 5.41) is 8.39. The van der Waals surface area contributed by atoms with E-state index in [1.165, 1.54) is 0 Å². The smallest absolute Gasteiger partial charge is 0.0540 e. The molecule has 0 saturated heterocycles. The van der Waals surface area contributed by atoms with E-state index in [1.807, 2.05) is 0 Å². The number of aliphatic hydroxyl groups is 1. The summed E-state index contributed by atoms with van der Waals surface area (Å²) in [7, 11) is 0. The standard InChI is InChI=1S/C9H16O/c1-9(2,3)7-5-4-6-8-10/h10H,6-8H2,1-3H3. The summed E-state index contributed by atoms with van der Waals surface area (Å²) in [5.41, 5.74) is 0.294. The average Bonchev–Trinajstić information content (AvgIpc) is 1.78. The summed E-state index contributed by atoms with van der Waals surface area (Å²) < 4.78 is 0. The first-order valence-corrected chi connectivity index (χ1v) is 3.63. The minimum absolute atomic E-state index is 0.178. The van der Waals surface area contributed by atoms with Crippen LogP contribution in [0, 0.1) is 17.3 Å². The van der Waals surface area contributed by atoms with Gasteiger partial charge in [-0.05, 0) is 5.41 Å². The van der Waals surface area contributed by atoms with Gasteiger partial charge in [-0.15, -0.1) is 11.8 Å². The molecule has 0 amide bonds. The Labute approximate surface area is 63.5 Å². The fourth-order valence-corrected chi connectivity index (χ4v) is 0.472. The van der Waals surface area contributed by atoms with Crippen molar-refractivity contribution in [3.8, 4) is 11.8 Å². The van der Waals surface area contributed by atoms with Gasteiger partial charge in [0.05, 0.1) is 6.61 Å². The molecule has 0 heterocycles. The zero-order valence-electron chi connectivity index (χ0n) is 7.07. The molecule has 1 N–H and O–H groups in total. The fourth-order valence-electron chi connectivity index (χ4n) is 0.472. The Kier molecular flexibility index (Phi) is 4.14. The molecule has 0 aliphatic heterocycles. The summed E-state index contributed by atoms with van der Waals surface area (Å²) in [6.07, 6.45) is 1.52. The van der Waals surface area contributed by atoms with E-state index in [9.17, 15) is 0 Å². The van der Waals surface area contributed by atoms with Gasteiger partial charge in [0.25, 0.3) is 0 Å². The van der Waals surface area contributed by atoms with Crippen molar-refractivity contribution < 1.29 is 5.11 Å². The second kappa shape index (κ2) is 4.35. The van der Waals surface area contributed by atoms with Crippen LogP contribution in [0.4, 0.5) is 0 Å². The highest BCUT2D eigenvalue weighted by Crippen LogP contribution is 2.16. The molecule has 0 aliphatic rings. The van der Waals surface area contributed by atoms with Gasteiger partial charge in [-0.1, -0.05) is 20.8 Å². The van der Waals surface area contributed by atoms with Gasteiger partial charge in [-0.25, -0.2) is 0 Å². The molecule has 0 aliphatic carbocycles. The van der Waals surface area contributed by atoms with Crippen molar-refractivity contribution in [3.05, 3.63) is 0 Å². The molecule has 0 fully saturated rings. The molecule has 0 atom stereocenters. The van der Waals surface area contributed by atoms with Gasteiger partial charge in [0.15, 0.2) is 0 Å². The van der Waals surface area contributed by atoms with Gasteiger partial charge in [0.2, 0.25) is 0 Å². The first-order chi connectivity index (χ1) is 4.56. The summed E-state index contributed by atoms with van der Waals surface area (Å²) in [6.45, 7) is 6.64. The zero-order chi connectivity index (χ0) is 8.04. The topological polar surface area (TPSA) is 20.2 Å². The van der Waals surface area contributed by atoms with Crippen molar-refractivity contribution in [2.24, 2.45) is 5.41 Å². The molecular formula is C9H16O. The Morgan fingerprint density at radius 3 is 2.20 bits per heavy atom. The molecule has 0 radical (unpaired) electrons. The van der Waals surface area contributed by atoms with Gasteiger partial charge >= 0.3 is 0 Å². The van der Waals surface area contributed by atoms with Crippen LogP contribution in [0.2, 0.25) is 0 Å². The Morgan fingerprint density at radius 1 is 1.20 bits per heavy atom. The molecule has 0 bridgehead atoms. The van der Waals surface area contributed by atoms with E-state index in [2.05, 4.69) is 32.6 Å². The lowest BCUT2D eigenvalue weighted by atomic mass is 9.93. The van der Waals surface area contributed by atoms with Crippen LogP contribution in [0.5, 0.6) is 0 Å². The third-order valence-electron chi connectivity index (χ3n) is 0.981. The summed E-state index contributed by atoms with van der Waals surface area (Å²) >= 11 is 0. The summed E-state index contributed by atoms with van der Waals surface area (Å²) in [4.78, 5) is 0. The van der Waals surface area contributed by atoms with Crippen molar-refractivity contribution >= 4 is 0 Å². The maximum absolute atomic E-state index is 8.39. The fraction of sp³-hybridized carbons (Fsp3) is 0.778. The van der Waals surface area contributed by atoms with Crippen molar-refractivity contribution in [2.45, 2.75) is 33.6 Å². The van der Waals surface area contributed by atoms with Crippen LogP contribution < -0.4 is 0 Å². The minimum atomic E-state index is 0.178. The van der Waals surface area contributed by atoms with Crippen LogP contribution in [0.15, 0.2) is 0 Å². The SMILES string of the molecule is CC(C)(C)CC#CCCO. The Morgan fingerprint density at radius 2 is 1.80 bits per heavy atom. The summed E-state index contributed by atoms with van der Waals surface area (Å²) in [5.74, 6) is 5.91. The van der Waals surface area contributed by atoms with Gasteiger partial charge in [0, 0.05) is 12.8 Å². The van der Waals surface area contributed by atoms with Crippen molar-refractivity contribution in [1.82, 2.24) is 0 Å². The highest BCUT2D eigenvalue weighted by molar-refractivity contribution is 5.00. The highest BCUT2D eigenvalue weighted by Gasteiger charge is 2.06. The minimum Gasteiger partial charge on any atom is -0.395 e. The second-order valence-corrected chi connectivity index (χ2v) is 3.56. The second-order valence-electron chi connectivity index (χ2n) is 3.56. The lowest BCUT2D eigenvalue weighted by molar-refractivity contribution is 0.305. The molecule has 0 aromatic carbocycles. The molecule has 10 heavy (non-hydrogen) atoms. The maximum Gasteiger partial charge on any atom is 0.0540 e. The first kappa shape index (κ1) is 9.52. The van der Waals surface area contributed by atoms with E-state index in [0.717, 1.165) is 6.42 Å². The first-order valence-electron chi connectivity index (χ1n) is 3.63. The molecule has 0 unspecified atom stereocenters. The van der Waals surface area contributed by atoms with Crippen LogP contribution in [0.3, 0.4) is 0 Å². The number of hydrogen-bond donors (Lipinski definition) is 1. The zero-order valence-corrected chi connectivity index (χ0v) is 7.07. The van der Waals surface area contributed by atoms with Crippen LogP contribution in [-0.2, 0) is 0 Å². The van der Waals surface area contributed by atoms with Crippen molar-refractivity contribution in [2.75, 3.05) is 6.61 Å². The van der Waals surface area contributed by atoms with Crippen LogP contribution in [0.25, 0.3) is 0 Å². The van der Waals surface area contributed by atoms with E-state index >= 15 is 0 Å². The molecule has 0 aromatic heterocycles. The highest BCUT2D eigenvalue weighted by atomic mass is 16.2. The summed E-state index contributed by atoms with van der Waals surface area (Å²) in [6, 6.07) is 0. The lowest BCUT2D eigenvalue weighted by Crippen LogP contribution is -2.02. The predicted octanol–water partition coefficient (Wildman–Crippen LogP) is 1.81. The van der Waals surface area contributed by atoms with Crippen LogP contribution in [0.1, 0.15) is 33.6 Å². The van der Waals surface area contributed by atoms with E-state index in [0.29, 0.717) is 11.8 Å². The lowest BCUT2D eigenvalue weighted by Gasteiger charge is -2.12. The largest absolute Gasteiger partial charge is 0.395 e. The van der Waals surface area contributed by atoms with Crippen molar-refractivity contribution in [3.63, 3.8) is 0 Å². The van der Waals surface area contributed by atoms with Crippen LogP contribution in [-0.4, -0.2) is 11.7 Å². The average molecular weight is 140 g/mol. The van der Waals surface area contributed by atoms with Gasteiger partial charge in [-0.2, -0.15) is 0 Å². The normalized spacial score (nSPS) is 10.4. The van der Waals surface area contributed by atoms with E-state index in [4.69, 9.17) is 5.11 Å². The maximum atomic E-state index is 8.39.